The molecule has 19 heavy (non-hydrogen) atoms. The van der Waals surface area contributed by atoms with Crippen molar-refractivity contribution in [1.82, 2.24) is 0 Å². The molecule has 0 rings (SSSR count). The van der Waals surface area contributed by atoms with Crippen LogP contribution in [0, 0.1) is 23.2 Å². The van der Waals surface area contributed by atoms with Crippen LogP contribution in [0.4, 0.5) is 0 Å². The van der Waals surface area contributed by atoms with Gasteiger partial charge in [0.25, 0.3) is 0 Å². The molecule has 0 saturated carbocycles. The van der Waals surface area contributed by atoms with Crippen molar-refractivity contribution in [2.45, 2.75) is 67.2 Å². The third-order valence-electron chi connectivity index (χ3n) is 3.75. The Balaban J connectivity index is 5.54. The molecule has 0 amide bonds. The average Bonchev–Trinajstić information content (AvgIpc) is 2.27. The topological polar surface area (TPSA) is 54.4 Å². The van der Waals surface area contributed by atoms with Crippen LogP contribution in [-0.4, -0.2) is 16.9 Å². The second kappa shape index (κ2) is 7.66. The first-order valence-corrected chi connectivity index (χ1v) is 7.48. The number of Topliss-reactive ketones (excluding diaryl/α,β-unsaturated/α-hetero) is 1. The van der Waals surface area contributed by atoms with Gasteiger partial charge in [-0.05, 0) is 37.5 Å². The number of ketones is 1. The first-order chi connectivity index (χ1) is 8.71. The largest absolute Gasteiger partial charge is 0.480 e. The highest BCUT2D eigenvalue weighted by atomic mass is 16.4. The number of carbonyl (C=O) groups is 2. The summed E-state index contributed by atoms with van der Waals surface area (Å²) in [6, 6.07) is 0. The van der Waals surface area contributed by atoms with E-state index in [1.54, 1.807) is 0 Å². The summed E-state index contributed by atoms with van der Waals surface area (Å²) in [5.74, 6) is -0.728. The lowest BCUT2D eigenvalue weighted by Gasteiger charge is -2.34. The van der Waals surface area contributed by atoms with E-state index in [9.17, 15) is 14.7 Å². The lowest BCUT2D eigenvalue weighted by atomic mass is 9.67. The van der Waals surface area contributed by atoms with Crippen LogP contribution in [0.5, 0.6) is 0 Å². The zero-order valence-corrected chi connectivity index (χ0v) is 13.3. The Hall–Kier alpha value is -0.860. The van der Waals surface area contributed by atoms with Gasteiger partial charge in [0.05, 0.1) is 0 Å². The van der Waals surface area contributed by atoms with Gasteiger partial charge >= 0.3 is 5.97 Å². The van der Waals surface area contributed by atoms with Gasteiger partial charge in [0, 0.05) is 5.92 Å². The van der Waals surface area contributed by atoms with E-state index in [2.05, 4.69) is 0 Å². The molecule has 0 spiro atoms. The maximum atomic E-state index is 12.8. The van der Waals surface area contributed by atoms with E-state index in [1.165, 1.54) is 0 Å². The van der Waals surface area contributed by atoms with E-state index in [0.717, 1.165) is 12.8 Å². The molecule has 0 aromatic heterocycles. The zero-order valence-electron chi connectivity index (χ0n) is 13.3. The SMILES string of the molecule is CCC(CC)C(=O)C(CC(C)C)(CC(C)C)C(=O)O. The molecule has 3 nitrogen and oxygen atoms in total. The fourth-order valence-electron chi connectivity index (χ4n) is 3.01. The monoisotopic (exact) mass is 270 g/mol. The van der Waals surface area contributed by atoms with Crippen LogP contribution in [0.3, 0.4) is 0 Å². The third kappa shape index (κ3) is 4.63. The number of hydrogen-bond donors (Lipinski definition) is 1. The van der Waals surface area contributed by atoms with Gasteiger partial charge < -0.3 is 5.11 Å². The smallest absolute Gasteiger partial charge is 0.317 e. The van der Waals surface area contributed by atoms with Crippen LogP contribution in [0.25, 0.3) is 0 Å². The number of aliphatic carboxylic acids is 1. The normalized spacial score (nSPS) is 12.5. The first-order valence-electron chi connectivity index (χ1n) is 7.48. The Morgan fingerprint density at radius 1 is 0.947 bits per heavy atom. The van der Waals surface area contributed by atoms with E-state index < -0.39 is 11.4 Å². The highest BCUT2D eigenvalue weighted by Gasteiger charge is 2.48. The minimum Gasteiger partial charge on any atom is -0.480 e. The van der Waals surface area contributed by atoms with Crippen molar-refractivity contribution in [3.05, 3.63) is 0 Å². The number of carbonyl (C=O) groups excluding carboxylic acids is 1. The molecule has 1 N–H and O–H groups in total. The molecule has 0 aliphatic rings. The van der Waals surface area contributed by atoms with Crippen molar-refractivity contribution >= 4 is 11.8 Å². The van der Waals surface area contributed by atoms with E-state index in [1.807, 2.05) is 41.5 Å². The molecule has 3 heteroatoms. The van der Waals surface area contributed by atoms with Gasteiger partial charge in [-0.3, -0.25) is 9.59 Å². The maximum absolute atomic E-state index is 12.8. The Morgan fingerprint density at radius 2 is 1.32 bits per heavy atom. The molecule has 0 radical (unpaired) electrons. The Labute approximate surface area is 117 Å². The molecule has 112 valence electrons. The summed E-state index contributed by atoms with van der Waals surface area (Å²) >= 11 is 0. The molecule has 0 unspecified atom stereocenters. The lowest BCUT2D eigenvalue weighted by Crippen LogP contribution is -2.44. The maximum Gasteiger partial charge on any atom is 0.317 e. The summed E-state index contributed by atoms with van der Waals surface area (Å²) in [7, 11) is 0. The van der Waals surface area contributed by atoms with Crippen LogP contribution in [0.1, 0.15) is 67.2 Å². The number of hydrogen-bond acceptors (Lipinski definition) is 2. The standard InChI is InChI=1S/C16H30O3/c1-7-13(8-2)14(17)16(15(18)19,9-11(3)4)10-12(5)6/h11-13H,7-10H2,1-6H3,(H,18,19). The molecule has 0 heterocycles. The molecular weight excluding hydrogens is 240 g/mol. The Kier molecular flexibility index (Phi) is 7.32. The van der Waals surface area contributed by atoms with Crippen LogP contribution in [0.2, 0.25) is 0 Å². The minimum atomic E-state index is -1.20. The van der Waals surface area contributed by atoms with Crippen molar-refractivity contribution in [2.24, 2.45) is 23.2 Å². The van der Waals surface area contributed by atoms with Crippen LogP contribution in [-0.2, 0) is 9.59 Å². The predicted octanol–water partition coefficient (Wildman–Crippen LogP) is 4.15. The highest BCUT2D eigenvalue weighted by Crippen LogP contribution is 2.38. The Morgan fingerprint density at radius 3 is 1.53 bits per heavy atom. The number of rotatable bonds is 9. The van der Waals surface area contributed by atoms with Crippen LogP contribution >= 0.6 is 0 Å². The summed E-state index contributed by atoms with van der Waals surface area (Å²) in [6.07, 6.45) is 2.33. The summed E-state index contributed by atoms with van der Waals surface area (Å²) in [6.45, 7) is 11.9. The fraction of sp³-hybridized carbons (Fsp3) is 0.875. The van der Waals surface area contributed by atoms with Crippen molar-refractivity contribution in [3.63, 3.8) is 0 Å². The molecule has 0 aliphatic carbocycles. The number of carboxylic acid groups (broad SMARTS) is 1. The van der Waals surface area contributed by atoms with Gasteiger partial charge in [0.2, 0.25) is 0 Å². The van der Waals surface area contributed by atoms with Crippen LogP contribution < -0.4 is 0 Å². The molecule has 0 atom stereocenters. The third-order valence-corrected chi connectivity index (χ3v) is 3.75. The summed E-state index contributed by atoms with van der Waals surface area (Å²) in [5.41, 5.74) is -1.20. The van der Waals surface area contributed by atoms with Crippen LogP contribution in [0.15, 0.2) is 0 Å². The highest BCUT2D eigenvalue weighted by molar-refractivity contribution is 6.04. The van der Waals surface area contributed by atoms with Gasteiger partial charge in [-0.1, -0.05) is 41.5 Å². The second-order valence-electron chi connectivity index (χ2n) is 6.46. The van der Waals surface area contributed by atoms with Crippen molar-refractivity contribution in [1.29, 1.82) is 0 Å². The lowest BCUT2D eigenvalue weighted by molar-refractivity contribution is -0.159. The zero-order chi connectivity index (χ0) is 15.2. The van der Waals surface area contributed by atoms with Gasteiger partial charge in [0.15, 0.2) is 5.78 Å². The molecule has 0 fully saturated rings. The molecule has 0 aliphatic heterocycles. The first kappa shape index (κ1) is 18.1. The van der Waals surface area contributed by atoms with Crippen molar-refractivity contribution in [2.75, 3.05) is 0 Å². The second-order valence-corrected chi connectivity index (χ2v) is 6.46. The number of carboxylic acids is 1. The molecule has 0 bridgehead atoms. The van der Waals surface area contributed by atoms with Gasteiger partial charge in [-0.2, -0.15) is 0 Å². The summed E-state index contributed by atoms with van der Waals surface area (Å²) in [4.78, 5) is 24.6. The molecular formula is C16H30O3. The quantitative estimate of drug-likeness (QED) is 0.640. The molecule has 0 aromatic rings. The van der Waals surface area contributed by atoms with Gasteiger partial charge in [-0.25, -0.2) is 0 Å². The molecule has 0 saturated heterocycles. The average molecular weight is 270 g/mol. The van der Waals surface area contributed by atoms with Crippen molar-refractivity contribution in [3.8, 4) is 0 Å². The summed E-state index contributed by atoms with van der Waals surface area (Å²) in [5, 5.41) is 9.71. The molecule has 0 aromatic carbocycles. The predicted molar refractivity (Wildman–Crippen MR) is 78.1 cm³/mol. The minimum absolute atomic E-state index is 0.0626. The van der Waals surface area contributed by atoms with E-state index in [-0.39, 0.29) is 23.5 Å². The fourth-order valence-corrected chi connectivity index (χ4v) is 3.01. The van der Waals surface area contributed by atoms with E-state index in [4.69, 9.17) is 0 Å². The summed E-state index contributed by atoms with van der Waals surface area (Å²) < 4.78 is 0. The van der Waals surface area contributed by atoms with Gasteiger partial charge in [-0.15, -0.1) is 0 Å². The van der Waals surface area contributed by atoms with Crippen molar-refractivity contribution < 1.29 is 14.7 Å². The van der Waals surface area contributed by atoms with Gasteiger partial charge in [0.1, 0.15) is 5.41 Å². The van der Waals surface area contributed by atoms with E-state index in [0.29, 0.717) is 12.8 Å². The van der Waals surface area contributed by atoms with E-state index >= 15 is 0 Å². The Bertz CT molecular complexity index is 291.